The number of aliphatic hydroxyl groups excluding tert-OH is 1. The van der Waals surface area contributed by atoms with E-state index in [4.69, 9.17) is 16.3 Å². The van der Waals surface area contributed by atoms with Crippen molar-refractivity contribution < 1.29 is 9.84 Å². The standard InChI is InChI=1S/C12H18ClN5O2/c13-10-14-11(17-3-1-2-4-17)16-12(15-10)18-5-6-20-8-9(18)7-19/h9,19H,1-8H2. The zero-order valence-corrected chi connectivity index (χ0v) is 12.0. The molecule has 0 bridgehead atoms. The van der Waals surface area contributed by atoms with E-state index in [1.165, 1.54) is 0 Å². The number of ether oxygens (including phenoxy) is 1. The topological polar surface area (TPSA) is 74.6 Å². The molecule has 1 aromatic rings. The average Bonchev–Trinajstić information content (AvgIpc) is 3.01. The third-order valence-corrected chi connectivity index (χ3v) is 3.84. The fourth-order valence-corrected chi connectivity index (χ4v) is 2.74. The number of hydrogen-bond acceptors (Lipinski definition) is 7. The highest BCUT2D eigenvalue weighted by atomic mass is 35.5. The van der Waals surface area contributed by atoms with Gasteiger partial charge in [0.15, 0.2) is 0 Å². The molecule has 2 aliphatic heterocycles. The summed E-state index contributed by atoms with van der Waals surface area (Å²) in [6.07, 6.45) is 2.30. The first kappa shape index (κ1) is 13.8. The number of aliphatic hydroxyl groups is 1. The van der Waals surface area contributed by atoms with Crippen LogP contribution >= 0.6 is 11.6 Å². The first-order valence-corrected chi connectivity index (χ1v) is 7.27. The third kappa shape index (κ3) is 2.79. The number of anilines is 2. The van der Waals surface area contributed by atoms with E-state index >= 15 is 0 Å². The van der Waals surface area contributed by atoms with Gasteiger partial charge in [0.1, 0.15) is 0 Å². The van der Waals surface area contributed by atoms with Crippen LogP contribution in [-0.4, -0.2) is 65.6 Å². The lowest BCUT2D eigenvalue weighted by molar-refractivity contribution is 0.0718. The zero-order valence-electron chi connectivity index (χ0n) is 11.2. The normalized spacial score (nSPS) is 23.4. The number of hydrogen-bond donors (Lipinski definition) is 1. The summed E-state index contributed by atoms with van der Waals surface area (Å²) in [5, 5.41) is 9.63. The molecule has 0 saturated carbocycles. The molecule has 0 aromatic carbocycles. The minimum Gasteiger partial charge on any atom is -0.394 e. The van der Waals surface area contributed by atoms with Gasteiger partial charge in [-0.2, -0.15) is 15.0 Å². The van der Waals surface area contributed by atoms with Gasteiger partial charge in [-0.15, -0.1) is 0 Å². The van der Waals surface area contributed by atoms with Crippen molar-refractivity contribution in [2.75, 3.05) is 49.3 Å². The Morgan fingerprint density at radius 2 is 1.90 bits per heavy atom. The molecule has 0 aliphatic carbocycles. The van der Waals surface area contributed by atoms with Gasteiger partial charge in [-0.25, -0.2) is 0 Å². The predicted octanol–water partition coefficient (Wildman–Crippen LogP) is 0.323. The van der Waals surface area contributed by atoms with Crippen LogP contribution in [0.2, 0.25) is 5.28 Å². The second-order valence-corrected chi connectivity index (χ2v) is 5.34. The molecule has 1 unspecified atom stereocenters. The lowest BCUT2D eigenvalue weighted by Crippen LogP contribution is -2.48. The van der Waals surface area contributed by atoms with Gasteiger partial charge < -0.3 is 19.6 Å². The van der Waals surface area contributed by atoms with E-state index in [2.05, 4.69) is 19.9 Å². The Bertz CT molecular complexity index is 469. The van der Waals surface area contributed by atoms with Crippen LogP contribution in [0.15, 0.2) is 0 Å². The molecule has 2 fully saturated rings. The Morgan fingerprint density at radius 3 is 2.65 bits per heavy atom. The van der Waals surface area contributed by atoms with Crippen LogP contribution in [0, 0.1) is 0 Å². The molecule has 3 rings (SSSR count). The minimum absolute atomic E-state index is 0.00233. The fraction of sp³-hybridized carbons (Fsp3) is 0.750. The lowest BCUT2D eigenvalue weighted by atomic mass is 10.2. The SMILES string of the molecule is OCC1COCCN1c1nc(Cl)nc(N2CCCC2)n1. The van der Waals surface area contributed by atoms with E-state index in [-0.39, 0.29) is 17.9 Å². The number of rotatable bonds is 3. The summed E-state index contributed by atoms with van der Waals surface area (Å²) >= 11 is 6.03. The van der Waals surface area contributed by atoms with Crippen molar-refractivity contribution in [3.63, 3.8) is 0 Å². The first-order chi connectivity index (χ1) is 9.78. The van der Waals surface area contributed by atoms with E-state index in [1.807, 2.05) is 4.90 Å². The van der Waals surface area contributed by atoms with Gasteiger partial charge in [0.25, 0.3) is 0 Å². The van der Waals surface area contributed by atoms with Crippen LogP contribution in [0.1, 0.15) is 12.8 Å². The van der Waals surface area contributed by atoms with Crippen molar-refractivity contribution in [2.24, 2.45) is 0 Å². The van der Waals surface area contributed by atoms with Crippen LogP contribution in [0.25, 0.3) is 0 Å². The molecule has 1 N–H and O–H groups in total. The largest absolute Gasteiger partial charge is 0.394 e. The molecule has 1 aromatic heterocycles. The van der Waals surface area contributed by atoms with Crippen LogP contribution < -0.4 is 9.80 Å². The van der Waals surface area contributed by atoms with Gasteiger partial charge in [0.2, 0.25) is 17.2 Å². The molecule has 0 spiro atoms. The second-order valence-electron chi connectivity index (χ2n) is 5.00. The smallest absolute Gasteiger partial charge is 0.231 e. The predicted molar refractivity (Wildman–Crippen MR) is 75.3 cm³/mol. The average molecular weight is 300 g/mol. The Balaban J connectivity index is 1.87. The Labute approximate surface area is 122 Å². The lowest BCUT2D eigenvalue weighted by Gasteiger charge is -2.34. The summed E-state index contributed by atoms with van der Waals surface area (Å²) in [6, 6.07) is -0.131. The van der Waals surface area contributed by atoms with Crippen molar-refractivity contribution in [2.45, 2.75) is 18.9 Å². The highest BCUT2D eigenvalue weighted by molar-refractivity contribution is 6.28. The summed E-state index contributed by atoms with van der Waals surface area (Å²) in [5.74, 6) is 1.15. The van der Waals surface area contributed by atoms with Crippen LogP contribution in [0.4, 0.5) is 11.9 Å². The van der Waals surface area contributed by atoms with E-state index < -0.39 is 0 Å². The zero-order chi connectivity index (χ0) is 13.9. The van der Waals surface area contributed by atoms with Crippen molar-refractivity contribution in [1.82, 2.24) is 15.0 Å². The van der Waals surface area contributed by atoms with E-state index in [0.29, 0.717) is 31.7 Å². The molecule has 20 heavy (non-hydrogen) atoms. The van der Waals surface area contributed by atoms with Crippen molar-refractivity contribution in [3.8, 4) is 0 Å². The highest BCUT2D eigenvalue weighted by Gasteiger charge is 2.26. The van der Waals surface area contributed by atoms with Crippen LogP contribution in [0.5, 0.6) is 0 Å². The molecule has 8 heteroatoms. The highest BCUT2D eigenvalue weighted by Crippen LogP contribution is 2.22. The Kier molecular flexibility index (Phi) is 4.18. The monoisotopic (exact) mass is 299 g/mol. The van der Waals surface area contributed by atoms with Gasteiger partial charge >= 0.3 is 0 Å². The molecule has 3 heterocycles. The number of nitrogens with zero attached hydrogens (tertiary/aromatic N) is 5. The summed E-state index contributed by atoms with van der Waals surface area (Å²) in [6.45, 7) is 3.61. The Hall–Kier alpha value is -1.18. The molecule has 2 aliphatic rings. The van der Waals surface area contributed by atoms with Crippen LogP contribution in [0.3, 0.4) is 0 Å². The number of aromatic nitrogens is 3. The van der Waals surface area contributed by atoms with Crippen molar-refractivity contribution in [1.29, 1.82) is 0 Å². The molecule has 0 amide bonds. The maximum atomic E-state index is 9.44. The quantitative estimate of drug-likeness (QED) is 0.861. The maximum absolute atomic E-state index is 9.44. The number of halogens is 1. The minimum atomic E-state index is -0.131. The van der Waals surface area contributed by atoms with E-state index in [9.17, 15) is 5.11 Å². The maximum Gasteiger partial charge on any atom is 0.231 e. The summed E-state index contributed by atoms with van der Waals surface area (Å²) in [5.41, 5.74) is 0. The molecular formula is C12H18ClN5O2. The van der Waals surface area contributed by atoms with Gasteiger partial charge in [0.05, 0.1) is 25.9 Å². The van der Waals surface area contributed by atoms with Gasteiger partial charge in [-0.1, -0.05) is 0 Å². The molecular weight excluding hydrogens is 282 g/mol. The molecule has 7 nitrogen and oxygen atoms in total. The van der Waals surface area contributed by atoms with Crippen LogP contribution in [-0.2, 0) is 4.74 Å². The van der Waals surface area contributed by atoms with E-state index in [0.717, 1.165) is 25.9 Å². The molecule has 0 radical (unpaired) electrons. The van der Waals surface area contributed by atoms with Gasteiger partial charge in [-0.05, 0) is 24.4 Å². The fourth-order valence-electron chi connectivity index (χ4n) is 2.59. The summed E-state index contributed by atoms with van der Waals surface area (Å²) < 4.78 is 5.37. The van der Waals surface area contributed by atoms with E-state index in [1.54, 1.807) is 0 Å². The Morgan fingerprint density at radius 1 is 1.15 bits per heavy atom. The summed E-state index contributed by atoms with van der Waals surface area (Å²) in [7, 11) is 0. The van der Waals surface area contributed by atoms with Gasteiger partial charge in [-0.3, -0.25) is 0 Å². The second kappa shape index (κ2) is 6.07. The summed E-state index contributed by atoms with van der Waals surface area (Å²) in [4.78, 5) is 17.0. The van der Waals surface area contributed by atoms with Crippen molar-refractivity contribution >= 4 is 23.5 Å². The van der Waals surface area contributed by atoms with Gasteiger partial charge in [0, 0.05) is 19.6 Å². The molecule has 110 valence electrons. The molecule has 1 atom stereocenters. The first-order valence-electron chi connectivity index (χ1n) is 6.89. The molecule has 2 saturated heterocycles. The van der Waals surface area contributed by atoms with Crippen molar-refractivity contribution in [3.05, 3.63) is 5.28 Å². The third-order valence-electron chi connectivity index (χ3n) is 3.67. The number of morpholine rings is 1.